The summed E-state index contributed by atoms with van der Waals surface area (Å²) in [5.41, 5.74) is 1.78. The number of nitrogens with one attached hydrogen (secondary N) is 1. The molecule has 0 fully saturated rings. The molecule has 1 aliphatic rings. The topological polar surface area (TPSA) is 75.7 Å². The zero-order chi connectivity index (χ0) is 22.6. The predicted molar refractivity (Wildman–Crippen MR) is 125 cm³/mol. The monoisotopic (exact) mass is 470 g/mol. The number of aryl methyl sites for hydroxylation is 1. The minimum Gasteiger partial charge on any atom is -0.492 e. The second kappa shape index (κ2) is 9.63. The largest absolute Gasteiger partial charge is 0.492 e. The smallest absolute Gasteiger partial charge is 0.264 e. The summed E-state index contributed by atoms with van der Waals surface area (Å²) in [6.45, 7) is 0.913. The van der Waals surface area contributed by atoms with Gasteiger partial charge in [0.25, 0.3) is 15.9 Å². The van der Waals surface area contributed by atoms with Crippen molar-refractivity contribution in [3.05, 3.63) is 88.9 Å². The summed E-state index contributed by atoms with van der Waals surface area (Å²) in [6.07, 6.45) is 1.57. The first kappa shape index (κ1) is 22.2. The summed E-state index contributed by atoms with van der Waals surface area (Å²) >= 11 is 6.22. The Bertz CT molecular complexity index is 1220. The Morgan fingerprint density at radius 2 is 1.78 bits per heavy atom. The Morgan fingerprint density at radius 1 is 1.03 bits per heavy atom. The molecule has 8 heteroatoms. The number of carbonyl (C=O) groups is 1. The van der Waals surface area contributed by atoms with E-state index in [0.29, 0.717) is 18.0 Å². The van der Waals surface area contributed by atoms with Crippen LogP contribution in [0.25, 0.3) is 0 Å². The SMILES string of the molecule is O=C(NCCOc1ccccc1)c1cc(S(=O)(=O)N2CCCc3ccccc32)ccc1Cl. The lowest BCUT2D eigenvalue weighted by atomic mass is 10.0. The number of para-hydroxylation sites is 2. The molecule has 3 aromatic rings. The van der Waals surface area contributed by atoms with Crippen molar-refractivity contribution in [3.63, 3.8) is 0 Å². The van der Waals surface area contributed by atoms with Crippen LogP contribution in [0.2, 0.25) is 5.02 Å². The first-order valence-corrected chi connectivity index (χ1v) is 12.1. The summed E-state index contributed by atoms with van der Waals surface area (Å²) in [4.78, 5) is 12.7. The molecule has 1 amide bonds. The van der Waals surface area contributed by atoms with Crippen LogP contribution in [-0.2, 0) is 16.4 Å². The van der Waals surface area contributed by atoms with E-state index in [0.717, 1.165) is 18.4 Å². The third-order valence-corrected chi connectivity index (χ3v) is 7.38. The standard InChI is InChI=1S/C24H23ClN2O4S/c25-22-13-12-20(32(29,30)27-15-6-8-18-7-4-5-11-23(18)27)17-21(22)24(28)26-14-16-31-19-9-2-1-3-10-19/h1-5,7,9-13,17H,6,8,14-16H2,(H,26,28). The predicted octanol–water partition coefficient (Wildman–Crippen LogP) is 4.29. The fraction of sp³-hybridized carbons (Fsp3) is 0.208. The Labute approximate surface area is 192 Å². The average Bonchev–Trinajstić information content (AvgIpc) is 2.82. The van der Waals surface area contributed by atoms with Crippen molar-refractivity contribution in [3.8, 4) is 5.75 Å². The lowest BCUT2D eigenvalue weighted by molar-refractivity contribution is 0.0947. The molecule has 0 aliphatic carbocycles. The molecule has 6 nitrogen and oxygen atoms in total. The van der Waals surface area contributed by atoms with Gasteiger partial charge in [-0.25, -0.2) is 8.42 Å². The number of nitrogens with zero attached hydrogens (tertiary/aromatic N) is 1. The highest BCUT2D eigenvalue weighted by Crippen LogP contribution is 2.32. The third kappa shape index (κ3) is 4.74. The fourth-order valence-electron chi connectivity index (χ4n) is 3.66. The highest BCUT2D eigenvalue weighted by atomic mass is 35.5. The van der Waals surface area contributed by atoms with Crippen molar-refractivity contribution in [2.75, 3.05) is 24.0 Å². The maximum absolute atomic E-state index is 13.4. The number of amides is 1. The molecule has 3 aromatic carbocycles. The molecule has 0 radical (unpaired) electrons. The summed E-state index contributed by atoms with van der Waals surface area (Å²) in [6, 6.07) is 21.0. The van der Waals surface area contributed by atoms with Gasteiger partial charge in [-0.3, -0.25) is 9.10 Å². The highest BCUT2D eigenvalue weighted by Gasteiger charge is 2.29. The highest BCUT2D eigenvalue weighted by molar-refractivity contribution is 7.92. The second-order valence-electron chi connectivity index (χ2n) is 7.37. The second-order valence-corrected chi connectivity index (χ2v) is 9.64. The molecule has 0 aromatic heterocycles. The number of carbonyl (C=O) groups excluding carboxylic acids is 1. The van der Waals surface area contributed by atoms with Crippen molar-refractivity contribution in [1.82, 2.24) is 5.32 Å². The van der Waals surface area contributed by atoms with Crippen molar-refractivity contribution >= 4 is 33.2 Å². The van der Waals surface area contributed by atoms with Gasteiger partial charge in [0.1, 0.15) is 12.4 Å². The quantitative estimate of drug-likeness (QED) is 0.522. The van der Waals surface area contributed by atoms with Crippen LogP contribution >= 0.6 is 11.6 Å². The van der Waals surface area contributed by atoms with Gasteiger partial charge in [0, 0.05) is 6.54 Å². The van der Waals surface area contributed by atoms with Crippen LogP contribution in [0.3, 0.4) is 0 Å². The minimum absolute atomic E-state index is 0.0317. The average molecular weight is 471 g/mol. The summed E-state index contributed by atoms with van der Waals surface area (Å²) in [5, 5.41) is 2.91. The van der Waals surface area contributed by atoms with E-state index < -0.39 is 15.9 Å². The fourth-order valence-corrected chi connectivity index (χ4v) is 5.43. The molecule has 1 N–H and O–H groups in total. The number of rotatable bonds is 7. The zero-order valence-electron chi connectivity index (χ0n) is 17.3. The van der Waals surface area contributed by atoms with Gasteiger partial charge < -0.3 is 10.1 Å². The van der Waals surface area contributed by atoms with Crippen LogP contribution in [0.5, 0.6) is 5.75 Å². The molecule has 0 spiro atoms. The van der Waals surface area contributed by atoms with Crippen molar-refractivity contribution < 1.29 is 17.9 Å². The first-order valence-electron chi connectivity index (χ1n) is 10.3. The van der Waals surface area contributed by atoms with Crippen LogP contribution in [-0.4, -0.2) is 34.0 Å². The molecule has 166 valence electrons. The number of halogens is 1. The Kier molecular flexibility index (Phi) is 6.67. The first-order chi connectivity index (χ1) is 15.5. The lowest BCUT2D eigenvalue weighted by Gasteiger charge is -2.30. The molecule has 0 saturated heterocycles. The van der Waals surface area contributed by atoms with Crippen molar-refractivity contribution in [1.29, 1.82) is 0 Å². The zero-order valence-corrected chi connectivity index (χ0v) is 18.9. The molecule has 0 atom stereocenters. The number of hydrogen-bond acceptors (Lipinski definition) is 4. The minimum atomic E-state index is -3.84. The molecule has 0 saturated carbocycles. The van der Waals surface area contributed by atoms with Crippen LogP contribution in [0.4, 0.5) is 5.69 Å². The van der Waals surface area contributed by atoms with E-state index in [4.69, 9.17) is 16.3 Å². The van der Waals surface area contributed by atoms with Crippen molar-refractivity contribution in [2.24, 2.45) is 0 Å². The van der Waals surface area contributed by atoms with E-state index in [9.17, 15) is 13.2 Å². The number of fused-ring (bicyclic) bond motifs is 1. The molecule has 1 aliphatic heterocycles. The number of ether oxygens (including phenoxy) is 1. The molecule has 4 rings (SSSR count). The number of benzene rings is 3. The van der Waals surface area contributed by atoms with E-state index in [2.05, 4.69) is 5.32 Å². The third-order valence-electron chi connectivity index (χ3n) is 5.24. The van der Waals surface area contributed by atoms with E-state index in [1.807, 2.05) is 54.6 Å². The summed E-state index contributed by atoms with van der Waals surface area (Å²) in [5.74, 6) is 0.248. The summed E-state index contributed by atoms with van der Waals surface area (Å²) < 4.78 is 33.7. The molecule has 32 heavy (non-hydrogen) atoms. The maximum atomic E-state index is 13.4. The van der Waals surface area contributed by atoms with Crippen LogP contribution < -0.4 is 14.4 Å². The molecular formula is C24H23ClN2O4S. The molecule has 0 unspecified atom stereocenters. The van der Waals surface area contributed by atoms with E-state index in [1.165, 1.54) is 22.5 Å². The van der Waals surface area contributed by atoms with E-state index in [-0.39, 0.29) is 28.6 Å². The van der Waals surface area contributed by atoms with Gasteiger partial charge in [-0.05, 0) is 54.8 Å². The Hall–Kier alpha value is -3.03. The number of sulfonamides is 1. The maximum Gasteiger partial charge on any atom is 0.264 e. The van der Waals surface area contributed by atoms with E-state index in [1.54, 1.807) is 0 Å². The van der Waals surface area contributed by atoms with Crippen LogP contribution in [0.1, 0.15) is 22.3 Å². The van der Waals surface area contributed by atoms with Gasteiger partial charge in [0.15, 0.2) is 0 Å². The van der Waals surface area contributed by atoms with Crippen molar-refractivity contribution in [2.45, 2.75) is 17.7 Å². The number of anilines is 1. The van der Waals surface area contributed by atoms with Gasteiger partial charge in [-0.15, -0.1) is 0 Å². The van der Waals surface area contributed by atoms with Gasteiger partial charge in [-0.2, -0.15) is 0 Å². The van der Waals surface area contributed by atoms with Crippen LogP contribution in [0, 0.1) is 0 Å². The molecular weight excluding hydrogens is 448 g/mol. The Balaban J connectivity index is 1.49. The Morgan fingerprint density at radius 3 is 2.59 bits per heavy atom. The molecule has 1 heterocycles. The van der Waals surface area contributed by atoms with Crippen LogP contribution in [0.15, 0.2) is 77.7 Å². The van der Waals surface area contributed by atoms with E-state index >= 15 is 0 Å². The van der Waals surface area contributed by atoms with Gasteiger partial charge in [0.2, 0.25) is 0 Å². The molecule has 0 bridgehead atoms. The number of hydrogen-bond donors (Lipinski definition) is 1. The van der Waals surface area contributed by atoms with Gasteiger partial charge in [0.05, 0.1) is 27.7 Å². The van der Waals surface area contributed by atoms with Gasteiger partial charge >= 0.3 is 0 Å². The lowest BCUT2D eigenvalue weighted by Crippen LogP contribution is -2.35. The summed E-state index contributed by atoms with van der Waals surface area (Å²) in [7, 11) is -3.84. The van der Waals surface area contributed by atoms with Gasteiger partial charge in [-0.1, -0.05) is 48.0 Å². The normalized spacial score (nSPS) is 13.3.